The van der Waals surface area contributed by atoms with Gasteiger partial charge in [0.25, 0.3) is 0 Å². The summed E-state index contributed by atoms with van der Waals surface area (Å²) in [6.07, 6.45) is 1.96. The fourth-order valence-electron chi connectivity index (χ4n) is 1.54. The molecule has 14 heavy (non-hydrogen) atoms. The minimum absolute atomic E-state index is 0.118. The lowest BCUT2D eigenvalue weighted by Crippen LogP contribution is -2.38. The van der Waals surface area contributed by atoms with E-state index in [4.69, 9.17) is 5.11 Å². The molecular formula is C8H11F3O2S. The molecule has 6 heteroatoms. The summed E-state index contributed by atoms with van der Waals surface area (Å²) in [7, 11) is 0. The molecule has 0 aliphatic heterocycles. The zero-order chi connectivity index (χ0) is 10.8. The number of carbonyl (C=O) groups is 1. The summed E-state index contributed by atoms with van der Waals surface area (Å²) >= 11 is -0.136. The standard InChI is InChI=1S/C8H11F3O2S/c9-8(10,11)14-5-4-7(6(12)13)2-1-3-7/h1-5H2,(H,12,13). The molecule has 0 saturated heterocycles. The zero-order valence-electron chi connectivity index (χ0n) is 7.43. The van der Waals surface area contributed by atoms with Crippen molar-refractivity contribution in [3.8, 4) is 0 Å². The molecule has 0 heterocycles. The Morgan fingerprint density at radius 2 is 2.00 bits per heavy atom. The number of halogens is 3. The lowest BCUT2D eigenvalue weighted by molar-refractivity contribution is -0.154. The summed E-state index contributed by atoms with van der Waals surface area (Å²) < 4.78 is 35.3. The van der Waals surface area contributed by atoms with Gasteiger partial charge in [-0.05, 0) is 19.3 Å². The van der Waals surface area contributed by atoms with E-state index in [1.54, 1.807) is 0 Å². The van der Waals surface area contributed by atoms with Crippen LogP contribution in [-0.4, -0.2) is 22.3 Å². The van der Waals surface area contributed by atoms with Crippen molar-refractivity contribution in [1.29, 1.82) is 0 Å². The van der Waals surface area contributed by atoms with Crippen molar-refractivity contribution in [2.75, 3.05) is 5.75 Å². The Bertz CT molecular complexity index is 223. The third kappa shape index (κ3) is 2.80. The van der Waals surface area contributed by atoms with E-state index >= 15 is 0 Å². The quantitative estimate of drug-likeness (QED) is 0.803. The number of carboxylic acids is 1. The molecule has 1 aliphatic rings. The molecule has 0 spiro atoms. The molecule has 0 aromatic rings. The first-order valence-electron chi connectivity index (χ1n) is 4.30. The van der Waals surface area contributed by atoms with Crippen LogP contribution in [0.4, 0.5) is 13.2 Å². The van der Waals surface area contributed by atoms with Crippen molar-refractivity contribution in [3.05, 3.63) is 0 Å². The first kappa shape index (κ1) is 11.7. The van der Waals surface area contributed by atoms with Crippen LogP contribution in [-0.2, 0) is 4.79 Å². The molecule has 82 valence electrons. The smallest absolute Gasteiger partial charge is 0.441 e. The Balaban J connectivity index is 2.33. The van der Waals surface area contributed by atoms with Crippen LogP contribution >= 0.6 is 11.8 Å². The Labute approximate surface area is 83.9 Å². The fraction of sp³-hybridized carbons (Fsp3) is 0.875. The van der Waals surface area contributed by atoms with Crippen LogP contribution in [0.1, 0.15) is 25.7 Å². The summed E-state index contributed by atoms with van der Waals surface area (Å²) in [6.45, 7) is 0. The van der Waals surface area contributed by atoms with Crippen LogP contribution < -0.4 is 0 Å². The predicted octanol–water partition coefficient (Wildman–Crippen LogP) is 2.88. The first-order valence-corrected chi connectivity index (χ1v) is 5.28. The van der Waals surface area contributed by atoms with Crippen LogP contribution in [0.5, 0.6) is 0 Å². The van der Waals surface area contributed by atoms with Crippen molar-refractivity contribution in [1.82, 2.24) is 0 Å². The SMILES string of the molecule is O=C(O)C1(CCSC(F)(F)F)CCC1. The Morgan fingerprint density at radius 3 is 2.29 bits per heavy atom. The van der Waals surface area contributed by atoms with Gasteiger partial charge >= 0.3 is 11.5 Å². The summed E-state index contributed by atoms with van der Waals surface area (Å²) in [5.41, 5.74) is -5.11. The van der Waals surface area contributed by atoms with Gasteiger partial charge in [-0.2, -0.15) is 13.2 Å². The third-order valence-electron chi connectivity index (χ3n) is 2.61. The molecule has 0 amide bonds. The Kier molecular flexibility index (Phi) is 3.34. The van der Waals surface area contributed by atoms with Crippen molar-refractivity contribution in [3.63, 3.8) is 0 Å². The molecule has 0 unspecified atom stereocenters. The van der Waals surface area contributed by atoms with Gasteiger partial charge in [-0.15, -0.1) is 0 Å². The lowest BCUT2D eigenvalue weighted by atomic mass is 9.67. The highest BCUT2D eigenvalue weighted by Crippen LogP contribution is 2.46. The molecule has 1 fully saturated rings. The van der Waals surface area contributed by atoms with Crippen LogP contribution in [0.2, 0.25) is 0 Å². The van der Waals surface area contributed by atoms with Gasteiger partial charge in [0.15, 0.2) is 0 Å². The summed E-state index contributed by atoms with van der Waals surface area (Å²) in [4.78, 5) is 10.8. The zero-order valence-corrected chi connectivity index (χ0v) is 8.25. The maximum atomic E-state index is 11.8. The van der Waals surface area contributed by atoms with Crippen LogP contribution in [0.15, 0.2) is 0 Å². The Hall–Kier alpha value is -0.390. The van der Waals surface area contributed by atoms with E-state index < -0.39 is 16.9 Å². The number of hydrogen-bond acceptors (Lipinski definition) is 2. The maximum Gasteiger partial charge on any atom is 0.441 e. The minimum Gasteiger partial charge on any atom is -0.481 e. The monoisotopic (exact) mass is 228 g/mol. The highest BCUT2D eigenvalue weighted by molar-refractivity contribution is 8.00. The average molecular weight is 228 g/mol. The van der Waals surface area contributed by atoms with E-state index in [9.17, 15) is 18.0 Å². The molecule has 0 radical (unpaired) electrons. The molecule has 2 nitrogen and oxygen atoms in total. The van der Waals surface area contributed by atoms with Gasteiger partial charge in [0, 0.05) is 5.75 Å². The van der Waals surface area contributed by atoms with Crippen LogP contribution in [0.3, 0.4) is 0 Å². The first-order chi connectivity index (χ1) is 6.36. The van der Waals surface area contributed by atoms with E-state index in [1.165, 1.54) is 0 Å². The number of thioether (sulfide) groups is 1. The van der Waals surface area contributed by atoms with E-state index in [-0.39, 0.29) is 23.9 Å². The highest BCUT2D eigenvalue weighted by atomic mass is 32.2. The maximum absolute atomic E-state index is 11.8. The number of rotatable bonds is 4. The number of hydrogen-bond donors (Lipinski definition) is 1. The van der Waals surface area contributed by atoms with Gasteiger partial charge in [0.2, 0.25) is 0 Å². The van der Waals surface area contributed by atoms with Gasteiger partial charge in [0.1, 0.15) is 0 Å². The molecule has 0 atom stereocenters. The molecule has 0 aromatic carbocycles. The third-order valence-corrected chi connectivity index (χ3v) is 3.35. The number of alkyl halides is 3. The van der Waals surface area contributed by atoms with Crippen molar-refractivity contribution >= 4 is 17.7 Å². The van der Waals surface area contributed by atoms with Gasteiger partial charge in [-0.1, -0.05) is 18.2 Å². The van der Waals surface area contributed by atoms with Crippen molar-refractivity contribution in [2.45, 2.75) is 31.2 Å². The molecule has 0 aromatic heterocycles. The summed E-state index contributed by atoms with van der Waals surface area (Å²) in [6, 6.07) is 0. The number of aliphatic carboxylic acids is 1. The largest absolute Gasteiger partial charge is 0.481 e. The second-order valence-corrected chi connectivity index (χ2v) is 4.64. The van der Waals surface area contributed by atoms with Crippen molar-refractivity contribution < 1.29 is 23.1 Å². The Morgan fingerprint density at radius 1 is 1.43 bits per heavy atom. The average Bonchev–Trinajstić information content (AvgIpc) is 1.91. The van der Waals surface area contributed by atoms with Gasteiger partial charge in [-0.25, -0.2) is 0 Å². The van der Waals surface area contributed by atoms with E-state index in [0.717, 1.165) is 6.42 Å². The van der Waals surface area contributed by atoms with E-state index in [2.05, 4.69) is 0 Å². The molecule has 1 N–H and O–H groups in total. The number of carboxylic acid groups (broad SMARTS) is 1. The summed E-state index contributed by atoms with van der Waals surface area (Å²) in [5.74, 6) is -1.11. The highest BCUT2D eigenvalue weighted by Gasteiger charge is 2.44. The molecule has 1 aliphatic carbocycles. The second-order valence-electron chi connectivity index (χ2n) is 3.48. The van der Waals surface area contributed by atoms with Gasteiger partial charge in [0.05, 0.1) is 5.41 Å². The second kappa shape index (κ2) is 4.00. The van der Waals surface area contributed by atoms with Gasteiger partial charge in [-0.3, -0.25) is 4.79 Å². The van der Waals surface area contributed by atoms with Crippen molar-refractivity contribution in [2.24, 2.45) is 5.41 Å². The fourth-order valence-corrected chi connectivity index (χ4v) is 2.26. The van der Waals surface area contributed by atoms with Crippen LogP contribution in [0, 0.1) is 5.41 Å². The minimum atomic E-state index is -4.25. The topological polar surface area (TPSA) is 37.3 Å². The molecule has 1 rings (SSSR count). The van der Waals surface area contributed by atoms with Gasteiger partial charge < -0.3 is 5.11 Å². The van der Waals surface area contributed by atoms with Crippen LogP contribution in [0.25, 0.3) is 0 Å². The predicted molar refractivity (Wildman–Crippen MR) is 47.0 cm³/mol. The lowest BCUT2D eigenvalue weighted by Gasteiger charge is -2.37. The normalized spacial score (nSPS) is 20.2. The van der Waals surface area contributed by atoms with E-state index in [0.29, 0.717) is 12.8 Å². The summed E-state index contributed by atoms with van der Waals surface area (Å²) in [5, 5.41) is 8.82. The molecule has 0 bridgehead atoms. The molecular weight excluding hydrogens is 217 g/mol. The van der Waals surface area contributed by atoms with E-state index in [1.807, 2.05) is 0 Å². The molecule has 1 saturated carbocycles.